The number of esters is 1. The quantitative estimate of drug-likeness (QED) is 0.780. The van der Waals surface area contributed by atoms with Crippen molar-refractivity contribution in [1.29, 1.82) is 0 Å². The lowest BCUT2D eigenvalue weighted by Crippen LogP contribution is -2.55. The van der Waals surface area contributed by atoms with Gasteiger partial charge in [-0.1, -0.05) is 11.3 Å². The zero-order chi connectivity index (χ0) is 14.3. The van der Waals surface area contributed by atoms with E-state index in [1.807, 2.05) is 6.92 Å². The molecule has 0 spiro atoms. The number of aryl methyl sites for hydroxylation is 1. The van der Waals surface area contributed by atoms with Gasteiger partial charge in [0.1, 0.15) is 4.88 Å². The summed E-state index contributed by atoms with van der Waals surface area (Å²) in [5.74, 6) is -0.279. The Morgan fingerprint density at radius 1 is 1.45 bits per heavy atom. The minimum absolute atomic E-state index is 0.279. The minimum atomic E-state index is -0.279. The Bertz CT molecular complexity index is 517. The van der Waals surface area contributed by atoms with Crippen LogP contribution in [0.5, 0.6) is 0 Å². The normalized spacial score (nSPS) is 26.6. The van der Waals surface area contributed by atoms with Crippen molar-refractivity contribution in [2.45, 2.75) is 38.8 Å². The molecule has 0 bridgehead atoms. The number of methoxy groups -OCH3 is 1. The van der Waals surface area contributed by atoms with Crippen molar-refractivity contribution >= 4 is 22.4 Å². The van der Waals surface area contributed by atoms with Gasteiger partial charge >= 0.3 is 5.97 Å². The van der Waals surface area contributed by atoms with Crippen molar-refractivity contribution < 1.29 is 9.53 Å². The Hall–Kier alpha value is -1.14. The largest absolute Gasteiger partial charge is 0.465 e. The minimum Gasteiger partial charge on any atom is -0.465 e. The molecule has 0 radical (unpaired) electrons. The zero-order valence-electron chi connectivity index (χ0n) is 12.3. The van der Waals surface area contributed by atoms with E-state index >= 15 is 0 Å². The van der Waals surface area contributed by atoms with Gasteiger partial charge in [-0.15, -0.1) is 0 Å². The summed E-state index contributed by atoms with van der Waals surface area (Å²) in [5.41, 5.74) is 0.776. The van der Waals surface area contributed by atoms with Crippen molar-refractivity contribution in [3.63, 3.8) is 0 Å². The molecule has 1 aromatic heterocycles. The van der Waals surface area contributed by atoms with Gasteiger partial charge in [-0.25, -0.2) is 9.78 Å². The van der Waals surface area contributed by atoms with Crippen LogP contribution >= 0.6 is 11.3 Å². The molecular weight excluding hydrogens is 274 g/mol. The smallest absolute Gasteiger partial charge is 0.350 e. The molecule has 2 atom stereocenters. The molecule has 0 N–H and O–H groups in total. The number of carbonyl (C=O) groups excluding carboxylic acids is 1. The fraction of sp³-hybridized carbons (Fsp3) is 0.714. The number of rotatable bonds is 2. The summed E-state index contributed by atoms with van der Waals surface area (Å²) in [7, 11) is 1.42. The number of fused-ring (bicyclic) bond motifs is 1. The van der Waals surface area contributed by atoms with E-state index in [0.717, 1.165) is 23.9 Å². The third kappa shape index (κ3) is 2.31. The lowest BCUT2D eigenvalue weighted by atomic mass is 10.1. The number of ether oxygens (including phenoxy) is 1. The number of aromatic nitrogens is 1. The topological polar surface area (TPSA) is 45.7 Å². The molecule has 0 aromatic carbocycles. The molecule has 2 aliphatic heterocycles. The van der Waals surface area contributed by atoms with E-state index in [1.165, 1.54) is 37.8 Å². The van der Waals surface area contributed by atoms with Crippen molar-refractivity contribution in [3.05, 3.63) is 10.6 Å². The summed E-state index contributed by atoms with van der Waals surface area (Å²) in [6, 6.07) is 1.09. The van der Waals surface area contributed by atoms with E-state index < -0.39 is 0 Å². The number of anilines is 1. The highest BCUT2D eigenvalue weighted by atomic mass is 32.1. The van der Waals surface area contributed by atoms with Crippen LogP contribution in [0.2, 0.25) is 0 Å². The molecule has 1 aromatic rings. The molecule has 20 heavy (non-hydrogen) atoms. The molecular formula is C14H21N3O2S. The molecule has 0 saturated carbocycles. The van der Waals surface area contributed by atoms with E-state index in [4.69, 9.17) is 4.74 Å². The van der Waals surface area contributed by atoms with E-state index in [0.29, 0.717) is 17.0 Å². The van der Waals surface area contributed by atoms with E-state index in [1.54, 1.807) is 0 Å². The summed E-state index contributed by atoms with van der Waals surface area (Å²) in [4.78, 5) is 21.9. The van der Waals surface area contributed by atoms with Crippen LogP contribution in [0.25, 0.3) is 0 Å². The average Bonchev–Trinajstić information content (AvgIpc) is 3.02. The lowest BCUT2D eigenvalue weighted by molar-refractivity contribution is 0.0605. The number of piperazine rings is 1. The molecule has 2 aliphatic rings. The summed E-state index contributed by atoms with van der Waals surface area (Å²) in [5, 5.41) is 0.960. The SMILES string of the molecule is COC(=O)c1sc(N2CC3CCCN3CC2C)nc1C. The van der Waals surface area contributed by atoms with E-state index in [-0.39, 0.29) is 5.97 Å². The molecule has 3 rings (SSSR count). The molecule has 0 amide bonds. The predicted molar refractivity (Wildman–Crippen MR) is 79.6 cm³/mol. The molecule has 3 heterocycles. The van der Waals surface area contributed by atoms with Crippen LogP contribution in [-0.4, -0.2) is 54.7 Å². The van der Waals surface area contributed by atoms with Crippen LogP contribution in [0.3, 0.4) is 0 Å². The predicted octanol–water partition coefficient (Wildman–Crippen LogP) is 1.91. The Morgan fingerprint density at radius 2 is 2.25 bits per heavy atom. The van der Waals surface area contributed by atoms with Gasteiger partial charge in [0.25, 0.3) is 0 Å². The third-order valence-corrected chi connectivity index (χ3v) is 5.51. The first-order valence-corrected chi connectivity index (χ1v) is 7.98. The standard InChI is InChI=1S/C14H21N3O2S/c1-9-7-16-6-4-5-11(16)8-17(9)14-15-10(2)12(20-14)13(18)19-3/h9,11H,4-8H2,1-3H3. The fourth-order valence-electron chi connectivity index (χ4n) is 3.24. The second-order valence-electron chi connectivity index (χ2n) is 5.69. The number of hydrogen-bond donors (Lipinski definition) is 0. The molecule has 2 unspecified atom stereocenters. The second-order valence-corrected chi connectivity index (χ2v) is 6.67. The van der Waals surface area contributed by atoms with Gasteiger partial charge < -0.3 is 9.64 Å². The maximum atomic E-state index is 11.7. The monoisotopic (exact) mass is 295 g/mol. The van der Waals surface area contributed by atoms with Gasteiger partial charge in [0.2, 0.25) is 0 Å². The second kappa shape index (κ2) is 5.33. The molecule has 2 fully saturated rings. The Labute approximate surface area is 123 Å². The summed E-state index contributed by atoms with van der Waals surface area (Å²) < 4.78 is 4.82. The van der Waals surface area contributed by atoms with Crippen molar-refractivity contribution in [2.75, 3.05) is 31.6 Å². The molecule has 0 aliphatic carbocycles. The van der Waals surface area contributed by atoms with E-state index in [2.05, 4.69) is 21.7 Å². The Kier molecular flexibility index (Phi) is 3.69. The summed E-state index contributed by atoms with van der Waals surface area (Å²) >= 11 is 1.46. The molecule has 5 nitrogen and oxygen atoms in total. The van der Waals surface area contributed by atoms with Gasteiger partial charge in [-0.05, 0) is 33.2 Å². The molecule has 6 heteroatoms. The van der Waals surface area contributed by atoms with Crippen molar-refractivity contribution in [3.8, 4) is 0 Å². The summed E-state index contributed by atoms with van der Waals surface area (Å²) in [6.07, 6.45) is 2.58. The van der Waals surface area contributed by atoms with Gasteiger partial charge in [0, 0.05) is 25.2 Å². The Morgan fingerprint density at radius 3 is 3.00 bits per heavy atom. The van der Waals surface area contributed by atoms with Crippen LogP contribution < -0.4 is 4.90 Å². The fourth-order valence-corrected chi connectivity index (χ4v) is 4.34. The first kappa shape index (κ1) is 13.8. The maximum absolute atomic E-state index is 11.7. The first-order chi connectivity index (χ1) is 9.60. The van der Waals surface area contributed by atoms with Crippen molar-refractivity contribution in [2.24, 2.45) is 0 Å². The van der Waals surface area contributed by atoms with Crippen LogP contribution in [0.15, 0.2) is 0 Å². The van der Waals surface area contributed by atoms with Crippen LogP contribution in [0, 0.1) is 6.92 Å². The maximum Gasteiger partial charge on any atom is 0.350 e. The van der Waals surface area contributed by atoms with Crippen LogP contribution in [0.4, 0.5) is 5.13 Å². The van der Waals surface area contributed by atoms with Crippen LogP contribution in [0.1, 0.15) is 35.1 Å². The van der Waals surface area contributed by atoms with Gasteiger partial charge in [0.05, 0.1) is 12.8 Å². The number of nitrogens with zero attached hydrogens (tertiary/aromatic N) is 3. The summed E-state index contributed by atoms with van der Waals surface area (Å²) in [6.45, 7) is 7.46. The van der Waals surface area contributed by atoms with Gasteiger partial charge in [-0.2, -0.15) is 0 Å². The van der Waals surface area contributed by atoms with E-state index in [9.17, 15) is 4.79 Å². The Balaban J connectivity index is 1.83. The van der Waals surface area contributed by atoms with Crippen LogP contribution in [-0.2, 0) is 4.74 Å². The highest BCUT2D eigenvalue weighted by molar-refractivity contribution is 7.17. The molecule has 2 saturated heterocycles. The first-order valence-electron chi connectivity index (χ1n) is 7.16. The molecule has 110 valence electrons. The number of thiazole rings is 1. The average molecular weight is 295 g/mol. The lowest BCUT2D eigenvalue weighted by Gasteiger charge is -2.42. The third-order valence-electron chi connectivity index (χ3n) is 4.34. The van der Waals surface area contributed by atoms with Gasteiger partial charge in [0.15, 0.2) is 5.13 Å². The van der Waals surface area contributed by atoms with Crippen molar-refractivity contribution in [1.82, 2.24) is 9.88 Å². The number of hydrogen-bond acceptors (Lipinski definition) is 6. The highest BCUT2D eigenvalue weighted by Gasteiger charge is 2.36. The number of carbonyl (C=O) groups is 1. The highest BCUT2D eigenvalue weighted by Crippen LogP contribution is 2.32. The van der Waals surface area contributed by atoms with Gasteiger partial charge in [-0.3, -0.25) is 4.90 Å². The zero-order valence-corrected chi connectivity index (χ0v) is 13.1.